The van der Waals surface area contributed by atoms with Crippen molar-refractivity contribution in [3.05, 3.63) is 34.3 Å². The molecule has 0 spiro atoms. The van der Waals surface area contributed by atoms with Crippen LogP contribution in [-0.4, -0.2) is 26.2 Å². The lowest BCUT2D eigenvalue weighted by Gasteiger charge is -2.07. The van der Waals surface area contributed by atoms with Gasteiger partial charge in [-0.05, 0) is 31.5 Å². The number of carbonyl (C=O) groups is 1. The molecule has 0 radical (unpaired) electrons. The summed E-state index contributed by atoms with van der Waals surface area (Å²) < 4.78 is 2.14. The number of amides is 1. The molecule has 5 nitrogen and oxygen atoms in total. The van der Waals surface area contributed by atoms with E-state index >= 15 is 0 Å². The fourth-order valence-electron chi connectivity index (χ4n) is 2.33. The van der Waals surface area contributed by atoms with E-state index in [4.69, 9.17) is 11.6 Å². The molecule has 1 aromatic carbocycles. The van der Waals surface area contributed by atoms with Crippen LogP contribution in [0.15, 0.2) is 28.7 Å². The van der Waals surface area contributed by atoms with E-state index in [2.05, 4.69) is 26.8 Å². The van der Waals surface area contributed by atoms with E-state index in [0.29, 0.717) is 15.9 Å². The Hall–Kier alpha value is -1.57. The van der Waals surface area contributed by atoms with Crippen molar-refractivity contribution in [2.24, 2.45) is 0 Å². The first-order chi connectivity index (χ1) is 11.6. The summed E-state index contributed by atoms with van der Waals surface area (Å²) in [7, 11) is 0. The lowest BCUT2D eigenvalue weighted by molar-refractivity contribution is -0.113. The molecule has 0 saturated carbocycles. The van der Waals surface area contributed by atoms with Gasteiger partial charge >= 0.3 is 0 Å². The van der Waals surface area contributed by atoms with Crippen LogP contribution in [0.4, 0.5) is 5.13 Å². The lowest BCUT2D eigenvalue weighted by atomic mass is 10.3. The lowest BCUT2D eigenvalue weighted by Crippen LogP contribution is -2.14. The molecule has 1 amide bonds. The Kier molecular flexibility index (Phi) is 5.43. The molecular weight excluding hydrogens is 364 g/mol. The van der Waals surface area contributed by atoms with Gasteiger partial charge in [-0.25, -0.2) is 9.97 Å². The van der Waals surface area contributed by atoms with Crippen LogP contribution in [0.2, 0.25) is 5.02 Å². The summed E-state index contributed by atoms with van der Waals surface area (Å²) in [5, 5.41) is 6.86. The number of anilines is 1. The quantitative estimate of drug-likeness (QED) is 0.635. The highest BCUT2D eigenvalue weighted by atomic mass is 35.5. The molecule has 2 heterocycles. The topological polar surface area (TPSA) is 59.8 Å². The van der Waals surface area contributed by atoms with Gasteiger partial charge in [-0.15, -0.1) is 11.3 Å². The molecule has 0 saturated heterocycles. The van der Waals surface area contributed by atoms with Crippen molar-refractivity contribution in [3.63, 3.8) is 0 Å². The number of aryl methyl sites for hydroxylation is 2. The highest BCUT2D eigenvalue weighted by Gasteiger charge is 2.13. The summed E-state index contributed by atoms with van der Waals surface area (Å²) in [6, 6.07) is 5.69. The second-order valence-corrected chi connectivity index (χ2v) is 7.55. The molecule has 3 aromatic rings. The Bertz CT molecular complexity index is 874. The highest BCUT2D eigenvalue weighted by Crippen LogP contribution is 2.27. The molecule has 2 aromatic heterocycles. The van der Waals surface area contributed by atoms with Crippen LogP contribution in [0.1, 0.15) is 19.0 Å². The highest BCUT2D eigenvalue weighted by molar-refractivity contribution is 7.99. The number of fused-ring (bicyclic) bond motifs is 1. The summed E-state index contributed by atoms with van der Waals surface area (Å²) >= 11 is 8.91. The largest absolute Gasteiger partial charge is 0.319 e. The predicted molar refractivity (Wildman–Crippen MR) is 101 cm³/mol. The molecule has 0 aliphatic rings. The minimum absolute atomic E-state index is 0.0810. The number of aromatic nitrogens is 3. The van der Waals surface area contributed by atoms with E-state index in [9.17, 15) is 4.79 Å². The van der Waals surface area contributed by atoms with Gasteiger partial charge in [0, 0.05) is 16.9 Å². The van der Waals surface area contributed by atoms with E-state index in [1.165, 1.54) is 23.1 Å². The molecule has 3 rings (SSSR count). The van der Waals surface area contributed by atoms with Crippen molar-refractivity contribution < 1.29 is 4.79 Å². The molecule has 1 N–H and O–H groups in total. The van der Waals surface area contributed by atoms with Crippen molar-refractivity contribution >= 4 is 56.8 Å². The maximum Gasteiger partial charge on any atom is 0.236 e. The summed E-state index contributed by atoms with van der Waals surface area (Å²) in [5.41, 5.74) is 2.80. The van der Waals surface area contributed by atoms with Gasteiger partial charge in [0.15, 0.2) is 10.3 Å². The molecule has 8 heteroatoms. The predicted octanol–water partition coefficient (Wildman–Crippen LogP) is 4.60. The van der Waals surface area contributed by atoms with Crippen LogP contribution < -0.4 is 5.32 Å². The first kappa shape index (κ1) is 17.3. The monoisotopic (exact) mass is 380 g/mol. The maximum absolute atomic E-state index is 12.1. The zero-order valence-corrected chi connectivity index (χ0v) is 15.8. The van der Waals surface area contributed by atoms with Crippen LogP contribution >= 0.6 is 34.7 Å². The summed E-state index contributed by atoms with van der Waals surface area (Å²) in [6.07, 6.45) is 0.992. The van der Waals surface area contributed by atoms with Crippen molar-refractivity contribution in [1.29, 1.82) is 0 Å². The third-order valence-electron chi connectivity index (χ3n) is 3.32. The van der Waals surface area contributed by atoms with Crippen LogP contribution in [0.25, 0.3) is 11.0 Å². The number of benzene rings is 1. The molecule has 0 unspecified atom stereocenters. The molecule has 0 atom stereocenters. The van der Waals surface area contributed by atoms with E-state index in [0.717, 1.165) is 34.8 Å². The van der Waals surface area contributed by atoms with Gasteiger partial charge < -0.3 is 9.88 Å². The van der Waals surface area contributed by atoms with Crippen molar-refractivity contribution in [2.75, 3.05) is 11.1 Å². The Morgan fingerprint density at radius 1 is 1.42 bits per heavy atom. The first-order valence-corrected chi connectivity index (χ1v) is 9.81. The third-order valence-corrected chi connectivity index (χ3v) is 5.41. The second-order valence-electron chi connectivity index (χ2n) is 5.31. The molecule has 0 aliphatic carbocycles. The molecule has 24 heavy (non-hydrogen) atoms. The smallest absolute Gasteiger partial charge is 0.236 e. The van der Waals surface area contributed by atoms with E-state index in [-0.39, 0.29) is 5.91 Å². The van der Waals surface area contributed by atoms with Crippen LogP contribution in [-0.2, 0) is 11.3 Å². The molecule has 0 bridgehead atoms. The van der Waals surface area contributed by atoms with E-state index in [1.54, 1.807) is 0 Å². The van der Waals surface area contributed by atoms with E-state index < -0.39 is 0 Å². The van der Waals surface area contributed by atoms with E-state index in [1.807, 2.05) is 30.5 Å². The average molecular weight is 381 g/mol. The van der Waals surface area contributed by atoms with Gasteiger partial charge in [-0.2, -0.15) is 0 Å². The third kappa shape index (κ3) is 3.91. The summed E-state index contributed by atoms with van der Waals surface area (Å²) in [4.78, 5) is 21.0. The number of halogens is 1. The van der Waals surface area contributed by atoms with Gasteiger partial charge in [0.2, 0.25) is 5.91 Å². The number of carbonyl (C=O) groups excluding carboxylic acids is 1. The molecule has 0 fully saturated rings. The minimum Gasteiger partial charge on any atom is -0.319 e. The second kappa shape index (κ2) is 7.55. The molecule has 0 aliphatic heterocycles. The Balaban J connectivity index is 1.74. The van der Waals surface area contributed by atoms with Crippen molar-refractivity contribution in [1.82, 2.24) is 14.5 Å². The number of hydrogen-bond acceptors (Lipinski definition) is 5. The molecule has 126 valence electrons. The number of hydrogen-bond donors (Lipinski definition) is 1. The Labute approximate surface area is 153 Å². The number of nitrogens with one attached hydrogen (secondary N) is 1. The number of thiazole rings is 1. The van der Waals surface area contributed by atoms with Crippen molar-refractivity contribution in [3.8, 4) is 0 Å². The zero-order chi connectivity index (χ0) is 17.1. The van der Waals surface area contributed by atoms with Gasteiger partial charge in [-0.3, -0.25) is 4.79 Å². The van der Waals surface area contributed by atoms with Crippen LogP contribution in [0, 0.1) is 6.92 Å². The Morgan fingerprint density at radius 3 is 2.96 bits per heavy atom. The number of rotatable bonds is 6. The number of thioether (sulfide) groups is 1. The average Bonchev–Trinajstić information content (AvgIpc) is 3.09. The standard InChI is InChI=1S/C16H17ClN4OS2/c1-3-6-21-13-5-4-11(17)7-12(13)19-16(21)24-9-14(22)20-15-18-10(2)8-23-15/h4-5,7-8H,3,6,9H2,1-2H3,(H,18,20,22). The Morgan fingerprint density at radius 2 is 2.25 bits per heavy atom. The molecular formula is C16H17ClN4OS2. The fraction of sp³-hybridized carbons (Fsp3) is 0.312. The summed E-state index contributed by atoms with van der Waals surface area (Å²) in [5.74, 6) is 0.210. The van der Waals surface area contributed by atoms with Gasteiger partial charge in [0.25, 0.3) is 0 Å². The maximum atomic E-state index is 12.1. The minimum atomic E-state index is -0.0810. The summed E-state index contributed by atoms with van der Waals surface area (Å²) in [6.45, 7) is 4.88. The first-order valence-electron chi connectivity index (χ1n) is 7.57. The fourth-order valence-corrected chi connectivity index (χ4v) is 4.04. The van der Waals surface area contributed by atoms with Gasteiger partial charge in [0.05, 0.1) is 22.5 Å². The SMILES string of the molecule is CCCn1c(SCC(=O)Nc2nc(C)cs2)nc2cc(Cl)ccc21. The van der Waals surface area contributed by atoms with Crippen LogP contribution in [0.5, 0.6) is 0 Å². The van der Waals surface area contributed by atoms with Crippen molar-refractivity contribution in [2.45, 2.75) is 32.0 Å². The number of nitrogens with zero attached hydrogens (tertiary/aromatic N) is 3. The van der Waals surface area contributed by atoms with Gasteiger partial charge in [0.1, 0.15) is 0 Å². The van der Waals surface area contributed by atoms with Gasteiger partial charge in [-0.1, -0.05) is 30.3 Å². The number of imidazole rings is 1. The zero-order valence-electron chi connectivity index (χ0n) is 13.4. The normalized spacial score (nSPS) is 11.1. The van der Waals surface area contributed by atoms with Crippen LogP contribution in [0.3, 0.4) is 0 Å².